The van der Waals surface area contributed by atoms with Crippen molar-refractivity contribution in [3.05, 3.63) is 59.8 Å². The number of ketones is 1. The first-order valence-electron chi connectivity index (χ1n) is 21.8. The number of aliphatic hydroxyl groups excluding tert-OH is 2. The summed E-state index contributed by atoms with van der Waals surface area (Å²) in [6.45, 7) is 11.5. The van der Waals surface area contributed by atoms with Gasteiger partial charge >= 0.3 is 23.9 Å². The summed E-state index contributed by atoms with van der Waals surface area (Å²) in [6.07, 6.45) is 3.89. The Kier molecular flexibility index (Phi) is 17.8. The van der Waals surface area contributed by atoms with Crippen LogP contribution in [0, 0.1) is 16.7 Å². The maximum atomic E-state index is 13.4. The number of cyclic esters (lactones) is 1. The Morgan fingerprint density at radius 3 is 2.21 bits per heavy atom. The number of Topliss-reactive ketones (excluding diaryl/α,β-unsaturated/α-hetero) is 1. The summed E-state index contributed by atoms with van der Waals surface area (Å²) in [5, 5.41) is 47.5. The van der Waals surface area contributed by atoms with E-state index in [0.29, 0.717) is 5.57 Å². The van der Waals surface area contributed by atoms with Crippen LogP contribution in [-0.4, -0.2) is 125 Å². The summed E-state index contributed by atoms with van der Waals surface area (Å²) in [4.78, 5) is 65.4. The van der Waals surface area contributed by atoms with Gasteiger partial charge in [0.05, 0.1) is 57.3 Å². The van der Waals surface area contributed by atoms with Crippen LogP contribution in [0.3, 0.4) is 0 Å². The van der Waals surface area contributed by atoms with Gasteiger partial charge in [0.25, 0.3) is 0 Å². The van der Waals surface area contributed by atoms with E-state index in [2.05, 4.69) is 0 Å². The van der Waals surface area contributed by atoms with Crippen molar-refractivity contribution in [3.63, 3.8) is 0 Å². The van der Waals surface area contributed by atoms with Gasteiger partial charge in [0.15, 0.2) is 11.9 Å². The second-order valence-corrected chi connectivity index (χ2v) is 18.3. The summed E-state index contributed by atoms with van der Waals surface area (Å²) in [6, 6.07) is 0. The summed E-state index contributed by atoms with van der Waals surface area (Å²) < 4.78 is 41.0. The Hall–Kier alpha value is -4.03. The molecule has 6 bridgehead atoms. The molecular weight excluding hydrogens is 821 g/mol. The van der Waals surface area contributed by atoms with Crippen LogP contribution in [0.2, 0.25) is 0 Å². The highest BCUT2D eigenvalue weighted by molar-refractivity contribution is 5.85. The number of hydrogen-bond donors (Lipinski definition) is 4. The maximum absolute atomic E-state index is 13.4. The van der Waals surface area contributed by atoms with Crippen LogP contribution in [0.25, 0.3) is 0 Å². The number of fused-ring (bicyclic) bond motifs is 6. The third kappa shape index (κ3) is 13.0. The minimum absolute atomic E-state index is 0.113. The van der Waals surface area contributed by atoms with Crippen molar-refractivity contribution in [1.82, 2.24) is 0 Å². The lowest BCUT2D eigenvalue weighted by Gasteiger charge is -2.54. The van der Waals surface area contributed by atoms with Crippen molar-refractivity contribution in [2.75, 3.05) is 14.2 Å². The summed E-state index contributed by atoms with van der Waals surface area (Å²) in [5.74, 6) is -8.53. The molecule has 3 saturated heterocycles. The first kappa shape index (κ1) is 51.6. The molecule has 16 heteroatoms. The smallest absolute Gasteiger partial charge is 0.331 e. The number of rotatable bonds is 9. The summed E-state index contributed by atoms with van der Waals surface area (Å²) in [5.41, 5.74) is -1.94. The predicted molar refractivity (Wildman–Crippen MR) is 227 cm³/mol. The quantitative estimate of drug-likeness (QED) is 0.0818. The van der Waals surface area contributed by atoms with E-state index in [0.717, 1.165) is 18.9 Å². The van der Waals surface area contributed by atoms with Gasteiger partial charge in [-0.3, -0.25) is 9.59 Å². The number of unbranched alkanes of at least 4 members (excludes halogenated alkanes) is 1. The van der Waals surface area contributed by atoms with Crippen molar-refractivity contribution >= 4 is 29.7 Å². The van der Waals surface area contributed by atoms with Crippen LogP contribution >= 0.6 is 0 Å². The molecule has 4 aliphatic rings. The highest BCUT2D eigenvalue weighted by Crippen LogP contribution is 2.52. The third-order valence-electron chi connectivity index (χ3n) is 12.7. The van der Waals surface area contributed by atoms with Crippen LogP contribution in [0.1, 0.15) is 113 Å². The Morgan fingerprint density at radius 2 is 1.57 bits per heavy atom. The van der Waals surface area contributed by atoms with E-state index < -0.39 is 107 Å². The largest absolute Gasteiger partial charge is 0.466 e. The van der Waals surface area contributed by atoms with Gasteiger partial charge in [0.2, 0.25) is 5.79 Å². The highest BCUT2D eigenvalue weighted by atomic mass is 16.7. The third-order valence-corrected chi connectivity index (χ3v) is 12.7. The molecule has 4 rings (SSSR count). The Morgan fingerprint density at radius 1 is 0.889 bits per heavy atom. The molecule has 352 valence electrons. The van der Waals surface area contributed by atoms with Crippen LogP contribution in [-0.2, 0) is 57.1 Å². The van der Waals surface area contributed by atoms with E-state index in [4.69, 9.17) is 33.2 Å². The minimum atomic E-state index is -2.46. The minimum Gasteiger partial charge on any atom is -0.466 e. The fraction of sp³-hybridized carbons (Fsp3) is 0.681. The van der Waals surface area contributed by atoms with Crippen LogP contribution in [0.5, 0.6) is 0 Å². The van der Waals surface area contributed by atoms with Gasteiger partial charge in [0, 0.05) is 54.2 Å². The molecule has 0 aromatic rings. The molecule has 0 aromatic heterocycles. The van der Waals surface area contributed by atoms with E-state index in [-0.39, 0.29) is 56.3 Å². The zero-order chi connectivity index (χ0) is 46.9. The van der Waals surface area contributed by atoms with E-state index in [1.807, 2.05) is 13.0 Å². The molecule has 4 N–H and O–H groups in total. The van der Waals surface area contributed by atoms with E-state index >= 15 is 0 Å². The molecule has 0 unspecified atom stereocenters. The number of aliphatic hydroxyl groups is 4. The van der Waals surface area contributed by atoms with E-state index in [1.165, 1.54) is 46.3 Å². The molecule has 63 heavy (non-hydrogen) atoms. The van der Waals surface area contributed by atoms with Gasteiger partial charge in [0.1, 0.15) is 11.9 Å². The van der Waals surface area contributed by atoms with Gasteiger partial charge in [-0.25, -0.2) is 14.4 Å². The predicted octanol–water partition coefficient (Wildman–Crippen LogP) is 4.55. The van der Waals surface area contributed by atoms with Crippen molar-refractivity contribution in [1.29, 1.82) is 0 Å². The molecule has 0 aromatic carbocycles. The van der Waals surface area contributed by atoms with Crippen LogP contribution < -0.4 is 0 Å². The molecule has 16 nitrogen and oxygen atoms in total. The molecule has 4 heterocycles. The number of hydrogen-bond acceptors (Lipinski definition) is 16. The SMILES string of the molecule is CCC/C=C/C=C/C(=O)O[C@H]1/C(=C/C(=O)OC)C[C@H]2C[C@H]([C@@H](C)O)OC(=O)C[C@H](O)C[C@@H]3C[C@H](C(C)=O)C(C)(C)[C@](O)(C[C@@H]4C/C(=C/C(=O)OC)C[C@H](/C=C/C(C)(C)[C@]1(O)O2)O4)O3. The molecule has 3 fully saturated rings. The van der Waals surface area contributed by atoms with Crippen molar-refractivity contribution in [2.45, 2.75) is 173 Å². The lowest BCUT2D eigenvalue weighted by atomic mass is 9.64. The number of carbonyl (C=O) groups is 5. The fourth-order valence-electron chi connectivity index (χ4n) is 8.90. The molecule has 0 spiro atoms. The van der Waals surface area contributed by atoms with Crippen LogP contribution in [0.4, 0.5) is 0 Å². The molecule has 0 amide bonds. The molecule has 4 aliphatic heterocycles. The number of allylic oxidation sites excluding steroid dienone is 3. The zero-order valence-corrected chi connectivity index (χ0v) is 38.1. The van der Waals surface area contributed by atoms with Gasteiger partial charge in [-0.15, -0.1) is 0 Å². The first-order valence-corrected chi connectivity index (χ1v) is 21.8. The Balaban J connectivity index is 1.89. The summed E-state index contributed by atoms with van der Waals surface area (Å²) >= 11 is 0. The van der Waals surface area contributed by atoms with E-state index in [1.54, 1.807) is 45.9 Å². The summed E-state index contributed by atoms with van der Waals surface area (Å²) in [7, 11) is 2.41. The lowest BCUT2D eigenvalue weighted by molar-refractivity contribution is -0.337. The molecule has 0 radical (unpaired) electrons. The zero-order valence-electron chi connectivity index (χ0n) is 38.1. The Bertz CT molecular complexity index is 1810. The fourth-order valence-corrected chi connectivity index (χ4v) is 8.90. The topological polar surface area (TPSA) is 231 Å². The molecule has 11 atom stereocenters. The van der Waals surface area contributed by atoms with Crippen LogP contribution in [0.15, 0.2) is 59.8 Å². The maximum Gasteiger partial charge on any atom is 0.331 e. The highest BCUT2D eigenvalue weighted by Gasteiger charge is 2.59. The van der Waals surface area contributed by atoms with Gasteiger partial charge in [-0.1, -0.05) is 77.0 Å². The van der Waals surface area contributed by atoms with Crippen molar-refractivity contribution in [3.8, 4) is 0 Å². The average molecular weight is 889 g/mol. The van der Waals surface area contributed by atoms with E-state index in [9.17, 15) is 44.4 Å². The molecular formula is C47H68O16. The normalized spacial score (nSPS) is 36.2. The number of methoxy groups -OCH3 is 2. The van der Waals surface area contributed by atoms with Crippen molar-refractivity contribution < 1.29 is 77.6 Å². The number of esters is 4. The average Bonchev–Trinajstić information content (AvgIpc) is 3.18. The second kappa shape index (κ2) is 21.8. The lowest BCUT2D eigenvalue weighted by Crippen LogP contribution is -2.62. The standard InChI is InChI=1S/C47H68O16/c1-10-11-12-13-14-15-39(51)61-43-31(22-41(53)58-9)21-34-26-38(29(3)49)60-42(54)24-32(50)23-35-25-37(28(2)48)45(6,7)46(55,62-35)27-36-19-30(20-40(52)57-8)18-33(59-36)16-17-44(4,5)47(43,56)63-34/h12-17,20,22,29,32-38,43,49-50,55-56H,10-11,18-19,21,23-27H2,1-9H3/b13-12+,15-14+,17-16+,30-20+,31-22+/t29-,32-,33+,34+,35-,36+,37-,38-,43+,46+,47-/m1/s1. The first-order chi connectivity index (χ1) is 29.5. The Labute approximate surface area is 370 Å². The molecule has 0 saturated carbocycles. The molecule has 0 aliphatic carbocycles. The van der Waals surface area contributed by atoms with Crippen molar-refractivity contribution in [2.24, 2.45) is 16.7 Å². The van der Waals surface area contributed by atoms with Gasteiger partial charge in [-0.05, 0) is 51.5 Å². The number of ether oxygens (including phenoxy) is 7. The monoisotopic (exact) mass is 888 g/mol. The van der Waals surface area contributed by atoms with Gasteiger partial charge in [-0.2, -0.15) is 0 Å². The second-order valence-electron chi connectivity index (χ2n) is 18.3. The number of carbonyl (C=O) groups excluding carboxylic acids is 5. The van der Waals surface area contributed by atoms with Gasteiger partial charge < -0.3 is 53.6 Å².